The summed E-state index contributed by atoms with van der Waals surface area (Å²) in [5.74, 6) is 0.548. The van der Waals surface area contributed by atoms with Crippen LogP contribution in [0.25, 0.3) is 0 Å². The van der Waals surface area contributed by atoms with Gasteiger partial charge in [0.2, 0.25) is 5.12 Å². The number of nitrogens with zero attached hydrogens (tertiary/aromatic N) is 1. The number of rotatable bonds is 8. The van der Waals surface area contributed by atoms with Gasteiger partial charge in [-0.3, -0.25) is 9.79 Å². The minimum Gasteiger partial charge on any atom is -0.444 e. The van der Waals surface area contributed by atoms with E-state index in [9.17, 15) is 9.59 Å². The van der Waals surface area contributed by atoms with Crippen LogP contribution >= 0.6 is 11.8 Å². The highest BCUT2D eigenvalue weighted by Gasteiger charge is 2.24. The zero-order valence-corrected chi connectivity index (χ0v) is 16.3. The van der Waals surface area contributed by atoms with E-state index in [0.717, 1.165) is 5.56 Å². The van der Waals surface area contributed by atoms with Crippen LogP contribution in [-0.4, -0.2) is 35.4 Å². The number of aliphatic imine (C=N–C) groups is 1. The third kappa shape index (κ3) is 9.93. The van der Waals surface area contributed by atoms with Crippen LogP contribution in [0.5, 0.6) is 0 Å². The molecule has 0 unspecified atom stereocenters. The molecule has 0 fully saturated rings. The largest absolute Gasteiger partial charge is 0.444 e. The lowest BCUT2D eigenvalue weighted by Crippen LogP contribution is -2.42. The first-order valence-electron chi connectivity index (χ1n) is 8.43. The molecule has 0 aliphatic carbocycles. The molecule has 1 rings (SSSR count). The molecule has 1 atom stereocenters. The minimum absolute atomic E-state index is 0.00595. The number of amides is 1. The molecule has 5 N–H and O–H groups in total. The van der Waals surface area contributed by atoms with E-state index < -0.39 is 17.7 Å². The van der Waals surface area contributed by atoms with Crippen LogP contribution in [0.1, 0.15) is 39.2 Å². The van der Waals surface area contributed by atoms with E-state index in [1.165, 1.54) is 11.8 Å². The van der Waals surface area contributed by atoms with Crippen LogP contribution < -0.4 is 16.8 Å². The van der Waals surface area contributed by atoms with Crippen molar-refractivity contribution in [3.63, 3.8) is 0 Å². The number of hydrogen-bond donors (Lipinski definition) is 3. The molecule has 1 aromatic rings. The summed E-state index contributed by atoms with van der Waals surface area (Å²) >= 11 is 1.17. The highest BCUT2D eigenvalue weighted by Crippen LogP contribution is 2.17. The lowest BCUT2D eigenvalue weighted by atomic mass is 10.2. The summed E-state index contributed by atoms with van der Waals surface area (Å²) in [6, 6.07) is 9.02. The third-order valence-corrected chi connectivity index (χ3v) is 4.19. The lowest BCUT2D eigenvalue weighted by Gasteiger charge is -2.23. The topological polar surface area (TPSA) is 120 Å². The third-order valence-electron chi connectivity index (χ3n) is 3.14. The first kappa shape index (κ1) is 21.8. The Bertz CT molecular complexity index is 611. The number of alkyl carbamates (subject to hydrolysis) is 1. The van der Waals surface area contributed by atoms with E-state index in [-0.39, 0.29) is 11.1 Å². The van der Waals surface area contributed by atoms with Crippen molar-refractivity contribution in [2.75, 3.05) is 6.54 Å². The lowest BCUT2D eigenvalue weighted by molar-refractivity contribution is -0.113. The number of carbonyl (C=O) groups is 2. The van der Waals surface area contributed by atoms with Gasteiger partial charge in [-0.15, -0.1) is 0 Å². The Kier molecular flexibility index (Phi) is 8.98. The van der Waals surface area contributed by atoms with Crippen molar-refractivity contribution < 1.29 is 14.3 Å². The van der Waals surface area contributed by atoms with Gasteiger partial charge in [0.05, 0.1) is 0 Å². The van der Waals surface area contributed by atoms with Crippen LogP contribution in [-0.2, 0) is 15.3 Å². The number of guanidine groups is 1. The standard InChI is InChI=1S/C18H28N4O3S/c1-18(2,3)25-17(24)22-14(10-7-11-21-16(19)20)15(23)26-12-13-8-5-4-6-9-13/h4-6,8-9,14H,7,10-12H2,1-3H3,(H,22,24)(H4,19,20,21)/t14-/m0/s1. The maximum absolute atomic E-state index is 12.6. The average molecular weight is 381 g/mol. The highest BCUT2D eigenvalue weighted by atomic mass is 32.2. The molecule has 0 aliphatic rings. The van der Waals surface area contributed by atoms with Gasteiger partial charge in [0.1, 0.15) is 11.6 Å². The van der Waals surface area contributed by atoms with E-state index in [1.807, 2.05) is 30.3 Å². The van der Waals surface area contributed by atoms with Crippen molar-refractivity contribution in [3.8, 4) is 0 Å². The fraction of sp³-hybridized carbons (Fsp3) is 0.500. The maximum Gasteiger partial charge on any atom is 0.408 e. The monoisotopic (exact) mass is 380 g/mol. The number of hydrogen-bond acceptors (Lipinski definition) is 5. The van der Waals surface area contributed by atoms with Gasteiger partial charge in [0.25, 0.3) is 0 Å². The van der Waals surface area contributed by atoms with Crippen molar-refractivity contribution in [1.29, 1.82) is 0 Å². The molecule has 26 heavy (non-hydrogen) atoms. The second-order valence-corrected chi connectivity index (χ2v) is 7.72. The first-order valence-corrected chi connectivity index (χ1v) is 9.41. The maximum atomic E-state index is 12.6. The molecule has 0 aliphatic heterocycles. The molecule has 0 saturated carbocycles. The van der Waals surface area contributed by atoms with Gasteiger partial charge in [0.15, 0.2) is 5.96 Å². The highest BCUT2D eigenvalue weighted by molar-refractivity contribution is 8.13. The van der Waals surface area contributed by atoms with Crippen LogP contribution in [0.2, 0.25) is 0 Å². The first-order chi connectivity index (χ1) is 12.2. The molecular weight excluding hydrogens is 352 g/mol. The second-order valence-electron chi connectivity index (χ2n) is 6.74. The number of benzene rings is 1. The van der Waals surface area contributed by atoms with Crippen LogP contribution in [0, 0.1) is 0 Å². The van der Waals surface area contributed by atoms with Crippen LogP contribution in [0.15, 0.2) is 35.3 Å². The van der Waals surface area contributed by atoms with Gasteiger partial charge >= 0.3 is 6.09 Å². The fourth-order valence-corrected chi connectivity index (χ4v) is 2.91. The van der Waals surface area contributed by atoms with Gasteiger partial charge in [-0.1, -0.05) is 42.1 Å². The van der Waals surface area contributed by atoms with Crippen molar-refractivity contribution >= 4 is 28.9 Å². The van der Waals surface area contributed by atoms with E-state index >= 15 is 0 Å². The number of carbonyl (C=O) groups excluding carboxylic acids is 2. The summed E-state index contributed by atoms with van der Waals surface area (Å²) in [7, 11) is 0. The molecule has 8 heteroatoms. The van der Waals surface area contributed by atoms with E-state index in [0.29, 0.717) is 25.1 Å². The Morgan fingerprint density at radius 3 is 2.46 bits per heavy atom. The molecule has 1 aromatic carbocycles. The smallest absolute Gasteiger partial charge is 0.408 e. The average Bonchev–Trinajstić information content (AvgIpc) is 2.54. The normalized spacial score (nSPS) is 12.1. The van der Waals surface area contributed by atoms with Crippen LogP contribution in [0.3, 0.4) is 0 Å². The SMILES string of the molecule is CC(C)(C)OC(=O)N[C@@H](CCCN=C(N)N)C(=O)SCc1ccccc1. The molecule has 0 aromatic heterocycles. The van der Waals surface area contributed by atoms with Crippen molar-refractivity contribution in [2.24, 2.45) is 16.5 Å². The fourth-order valence-electron chi connectivity index (χ4n) is 2.03. The molecule has 0 radical (unpaired) electrons. The number of ether oxygens (including phenoxy) is 1. The van der Waals surface area contributed by atoms with Gasteiger partial charge in [-0.05, 0) is 39.2 Å². The van der Waals surface area contributed by atoms with E-state index in [4.69, 9.17) is 16.2 Å². The summed E-state index contributed by atoms with van der Waals surface area (Å²) in [6.45, 7) is 5.70. The Morgan fingerprint density at radius 2 is 1.88 bits per heavy atom. The molecule has 0 spiro atoms. The van der Waals surface area contributed by atoms with Crippen molar-refractivity contribution in [1.82, 2.24) is 5.32 Å². The summed E-state index contributed by atoms with van der Waals surface area (Å²) in [5, 5.41) is 2.53. The number of nitrogens with two attached hydrogens (primary N) is 2. The van der Waals surface area contributed by atoms with Crippen molar-refractivity contribution in [2.45, 2.75) is 51.0 Å². The van der Waals surface area contributed by atoms with E-state index in [2.05, 4.69) is 10.3 Å². The summed E-state index contributed by atoms with van der Waals surface area (Å²) in [6.07, 6.45) is 0.380. The van der Waals surface area contributed by atoms with Gasteiger partial charge in [-0.2, -0.15) is 0 Å². The van der Waals surface area contributed by atoms with Gasteiger partial charge in [0, 0.05) is 12.3 Å². The number of thioether (sulfide) groups is 1. The Hall–Kier alpha value is -2.22. The predicted octanol–water partition coefficient (Wildman–Crippen LogP) is 2.39. The second kappa shape index (κ2) is 10.7. The molecule has 144 valence electrons. The Balaban J connectivity index is 2.63. The number of nitrogens with one attached hydrogen (secondary N) is 1. The molecule has 1 amide bonds. The molecule has 0 bridgehead atoms. The molecule has 0 saturated heterocycles. The van der Waals surface area contributed by atoms with Gasteiger partial charge in [-0.25, -0.2) is 4.79 Å². The van der Waals surface area contributed by atoms with Gasteiger partial charge < -0.3 is 21.5 Å². The summed E-state index contributed by atoms with van der Waals surface area (Å²) in [4.78, 5) is 28.5. The molecular formula is C18H28N4O3S. The summed E-state index contributed by atoms with van der Waals surface area (Å²) < 4.78 is 5.25. The quantitative estimate of drug-likeness (QED) is 0.362. The Labute approximate surface area is 158 Å². The predicted molar refractivity (Wildman–Crippen MR) is 106 cm³/mol. The Morgan fingerprint density at radius 1 is 1.23 bits per heavy atom. The zero-order chi connectivity index (χ0) is 19.6. The molecule has 0 heterocycles. The zero-order valence-electron chi connectivity index (χ0n) is 15.5. The molecule has 7 nitrogen and oxygen atoms in total. The minimum atomic E-state index is -0.659. The van der Waals surface area contributed by atoms with Crippen LogP contribution in [0.4, 0.5) is 4.79 Å². The van der Waals surface area contributed by atoms with E-state index in [1.54, 1.807) is 20.8 Å². The van der Waals surface area contributed by atoms with Crippen molar-refractivity contribution in [3.05, 3.63) is 35.9 Å². The summed E-state index contributed by atoms with van der Waals surface area (Å²) in [5.41, 5.74) is 11.0.